The van der Waals surface area contributed by atoms with Crippen LogP contribution >= 0.6 is 23.4 Å². The highest BCUT2D eigenvalue weighted by Crippen LogP contribution is 2.36. The van der Waals surface area contributed by atoms with Gasteiger partial charge in [0.05, 0.1) is 0 Å². The summed E-state index contributed by atoms with van der Waals surface area (Å²) in [5, 5.41) is 7.65. The number of thioether (sulfide) groups is 1. The van der Waals surface area contributed by atoms with Crippen LogP contribution in [0.2, 0.25) is 0 Å². The molecule has 1 N–H and O–H groups in total. The van der Waals surface area contributed by atoms with Crippen molar-refractivity contribution in [2.75, 3.05) is 5.75 Å². The van der Waals surface area contributed by atoms with E-state index < -0.39 is 0 Å². The number of nitrogens with one attached hydrogen (secondary N) is 1. The summed E-state index contributed by atoms with van der Waals surface area (Å²) in [7, 11) is 0. The normalized spacial score (nSPS) is 15.8. The highest BCUT2D eigenvalue weighted by Gasteiger charge is 2.28. The zero-order valence-electron chi connectivity index (χ0n) is 7.49. The Balaban J connectivity index is 2.16. The lowest BCUT2D eigenvalue weighted by molar-refractivity contribution is 0.643. The number of hydrogen-bond donors (Lipinski definition) is 1. The SMILES string of the molecule is C=C(Cl)CSc1n[nH]c(=O)n1C1CC1. The molecule has 0 aliphatic heterocycles. The van der Waals surface area contributed by atoms with Gasteiger partial charge in [-0.25, -0.2) is 9.89 Å². The van der Waals surface area contributed by atoms with Crippen LogP contribution in [-0.4, -0.2) is 20.5 Å². The number of aromatic amines is 1. The van der Waals surface area contributed by atoms with Crippen molar-refractivity contribution in [2.45, 2.75) is 24.0 Å². The molecule has 0 saturated heterocycles. The topological polar surface area (TPSA) is 50.7 Å². The molecule has 1 saturated carbocycles. The fourth-order valence-electron chi connectivity index (χ4n) is 1.19. The van der Waals surface area contributed by atoms with Gasteiger partial charge < -0.3 is 0 Å². The summed E-state index contributed by atoms with van der Waals surface area (Å²) in [6.45, 7) is 3.59. The summed E-state index contributed by atoms with van der Waals surface area (Å²) in [6.07, 6.45) is 2.13. The molecular formula is C8H10ClN3OS. The van der Waals surface area contributed by atoms with Crippen LogP contribution in [0.5, 0.6) is 0 Å². The average Bonchev–Trinajstić information content (AvgIpc) is 2.88. The van der Waals surface area contributed by atoms with E-state index in [4.69, 9.17) is 11.6 Å². The van der Waals surface area contributed by atoms with Crippen molar-refractivity contribution >= 4 is 23.4 Å². The number of hydrogen-bond acceptors (Lipinski definition) is 3. The monoisotopic (exact) mass is 231 g/mol. The summed E-state index contributed by atoms with van der Waals surface area (Å²) in [5.41, 5.74) is -0.129. The van der Waals surface area contributed by atoms with E-state index in [-0.39, 0.29) is 5.69 Å². The molecule has 0 bridgehead atoms. The van der Waals surface area contributed by atoms with Gasteiger partial charge >= 0.3 is 5.69 Å². The standard InChI is InChI=1S/C8H10ClN3OS/c1-5(9)4-14-8-11-10-7(13)12(8)6-2-3-6/h6H,1-4H2,(H,10,13). The highest BCUT2D eigenvalue weighted by atomic mass is 35.5. The van der Waals surface area contributed by atoms with Crippen molar-refractivity contribution in [3.63, 3.8) is 0 Å². The van der Waals surface area contributed by atoms with Crippen LogP contribution in [0.4, 0.5) is 0 Å². The minimum absolute atomic E-state index is 0.129. The molecule has 76 valence electrons. The van der Waals surface area contributed by atoms with Crippen LogP contribution in [0.25, 0.3) is 0 Å². The van der Waals surface area contributed by atoms with E-state index in [0.717, 1.165) is 12.8 Å². The number of aromatic nitrogens is 3. The molecule has 0 aromatic carbocycles. The van der Waals surface area contributed by atoms with Crippen molar-refractivity contribution in [2.24, 2.45) is 0 Å². The first-order valence-corrected chi connectivity index (χ1v) is 5.68. The maximum absolute atomic E-state index is 11.3. The predicted octanol–water partition coefficient (Wildman–Crippen LogP) is 1.75. The number of H-pyrrole nitrogens is 1. The molecular weight excluding hydrogens is 222 g/mol. The van der Waals surface area contributed by atoms with E-state index >= 15 is 0 Å². The second kappa shape index (κ2) is 3.82. The zero-order valence-corrected chi connectivity index (χ0v) is 9.07. The first-order chi connectivity index (χ1) is 6.68. The van der Waals surface area contributed by atoms with Gasteiger partial charge in [0, 0.05) is 16.8 Å². The number of nitrogens with zero attached hydrogens (tertiary/aromatic N) is 2. The Hall–Kier alpha value is -0.680. The fourth-order valence-corrected chi connectivity index (χ4v) is 2.12. The Labute approximate surface area is 90.3 Å². The molecule has 0 amide bonds. The summed E-state index contributed by atoms with van der Waals surface area (Å²) < 4.78 is 1.70. The molecule has 4 nitrogen and oxygen atoms in total. The molecule has 0 radical (unpaired) electrons. The van der Waals surface area contributed by atoms with E-state index in [2.05, 4.69) is 16.8 Å². The minimum atomic E-state index is -0.129. The molecule has 1 aromatic heterocycles. The van der Waals surface area contributed by atoms with E-state index in [1.54, 1.807) is 4.57 Å². The van der Waals surface area contributed by atoms with Gasteiger partial charge in [-0.3, -0.25) is 4.57 Å². The molecule has 1 heterocycles. The van der Waals surface area contributed by atoms with Gasteiger partial charge in [0.1, 0.15) is 0 Å². The fraction of sp³-hybridized carbons (Fsp3) is 0.500. The van der Waals surface area contributed by atoms with Gasteiger partial charge in [-0.05, 0) is 12.8 Å². The molecule has 1 aliphatic rings. The first kappa shape index (κ1) is 9.86. The van der Waals surface area contributed by atoms with Gasteiger partial charge in [-0.15, -0.1) is 5.10 Å². The predicted molar refractivity (Wildman–Crippen MR) is 56.8 cm³/mol. The van der Waals surface area contributed by atoms with E-state index in [9.17, 15) is 4.79 Å². The molecule has 6 heteroatoms. The van der Waals surface area contributed by atoms with Crippen molar-refractivity contribution in [3.8, 4) is 0 Å². The van der Waals surface area contributed by atoms with Gasteiger partial charge in [-0.1, -0.05) is 29.9 Å². The summed E-state index contributed by atoms with van der Waals surface area (Å²) in [5.74, 6) is 0.582. The number of halogens is 1. The van der Waals surface area contributed by atoms with Gasteiger partial charge in [-0.2, -0.15) is 0 Å². The lowest BCUT2D eigenvalue weighted by Crippen LogP contribution is -2.16. The third-order valence-corrected chi connectivity index (χ3v) is 3.27. The van der Waals surface area contributed by atoms with Crippen LogP contribution in [0, 0.1) is 0 Å². The quantitative estimate of drug-likeness (QED) is 0.804. The van der Waals surface area contributed by atoms with Crippen molar-refractivity contribution in [3.05, 3.63) is 22.1 Å². The Morgan fingerprint density at radius 3 is 3.07 bits per heavy atom. The summed E-state index contributed by atoms with van der Waals surface area (Å²) >= 11 is 7.07. The Morgan fingerprint density at radius 2 is 2.50 bits per heavy atom. The maximum atomic E-state index is 11.3. The molecule has 0 spiro atoms. The van der Waals surface area contributed by atoms with Crippen molar-refractivity contribution in [1.82, 2.24) is 14.8 Å². The highest BCUT2D eigenvalue weighted by molar-refractivity contribution is 7.99. The molecule has 1 aliphatic carbocycles. The Kier molecular flexibility index (Phi) is 2.69. The van der Waals surface area contributed by atoms with E-state index in [0.29, 0.717) is 22.0 Å². The first-order valence-electron chi connectivity index (χ1n) is 4.31. The zero-order chi connectivity index (χ0) is 10.1. The molecule has 1 fully saturated rings. The van der Waals surface area contributed by atoms with Crippen LogP contribution in [0.3, 0.4) is 0 Å². The molecule has 14 heavy (non-hydrogen) atoms. The Bertz CT molecular complexity index is 407. The van der Waals surface area contributed by atoms with E-state index in [1.165, 1.54) is 11.8 Å². The lowest BCUT2D eigenvalue weighted by Gasteiger charge is -2.01. The largest absolute Gasteiger partial charge is 0.344 e. The minimum Gasteiger partial charge on any atom is -0.267 e. The number of rotatable bonds is 4. The third-order valence-electron chi connectivity index (χ3n) is 1.94. The molecule has 1 aromatic rings. The maximum Gasteiger partial charge on any atom is 0.344 e. The second-order valence-corrected chi connectivity index (χ2v) is 4.70. The summed E-state index contributed by atoms with van der Waals surface area (Å²) in [4.78, 5) is 11.3. The smallest absolute Gasteiger partial charge is 0.267 e. The van der Waals surface area contributed by atoms with Crippen molar-refractivity contribution < 1.29 is 0 Å². The van der Waals surface area contributed by atoms with E-state index in [1.807, 2.05) is 0 Å². The van der Waals surface area contributed by atoms with Crippen LogP contribution in [0.1, 0.15) is 18.9 Å². The van der Waals surface area contributed by atoms with Gasteiger partial charge in [0.2, 0.25) is 0 Å². The molecule has 0 unspecified atom stereocenters. The van der Waals surface area contributed by atoms with Crippen LogP contribution < -0.4 is 5.69 Å². The Morgan fingerprint density at radius 1 is 1.79 bits per heavy atom. The van der Waals surface area contributed by atoms with Gasteiger partial charge in [0.25, 0.3) is 0 Å². The van der Waals surface area contributed by atoms with Gasteiger partial charge in [0.15, 0.2) is 5.16 Å². The molecule has 2 rings (SSSR count). The third kappa shape index (κ3) is 2.04. The average molecular weight is 232 g/mol. The summed E-state index contributed by atoms with van der Waals surface area (Å²) in [6, 6.07) is 0.340. The lowest BCUT2D eigenvalue weighted by atomic mass is 10.7. The van der Waals surface area contributed by atoms with Crippen LogP contribution in [0.15, 0.2) is 21.6 Å². The van der Waals surface area contributed by atoms with Crippen molar-refractivity contribution in [1.29, 1.82) is 0 Å². The molecule has 0 atom stereocenters. The van der Waals surface area contributed by atoms with Crippen LogP contribution in [-0.2, 0) is 0 Å². The second-order valence-electron chi connectivity index (χ2n) is 3.22.